The third kappa shape index (κ3) is 2.32. The highest BCUT2D eigenvalue weighted by molar-refractivity contribution is 5.83. The van der Waals surface area contributed by atoms with Crippen molar-refractivity contribution in [3.8, 4) is 11.4 Å². The summed E-state index contributed by atoms with van der Waals surface area (Å²) in [5.41, 5.74) is 2.06. The van der Waals surface area contributed by atoms with E-state index in [9.17, 15) is 0 Å². The van der Waals surface area contributed by atoms with Gasteiger partial charge in [0.15, 0.2) is 0 Å². The monoisotopic (exact) mass is 325 g/mol. The maximum absolute atomic E-state index is 5.53. The number of benzene rings is 1. The van der Waals surface area contributed by atoms with Crippen molar-refractivity contribution in [2.75, 3.05) is 26.3 Å². The smallest absolute Gasteiger partial charge is 0.230 e. The molecule has 0 spiro atoms. The van der Waals surface area contributed by atoms with Gasteiger partial charge >= 0.3 is 0 Å². The summed E-state index contributed by atoms with van der Waals surface area (Å²) >= 11 is 0. The molecule has 0 bridgehead atoms. The van der Waals surface area contributed by atoms with Crippen LogP contribution in [-0.2, 0) is 4.74 Å². The Morgan fingerprint density at radius 1 is 1.17 bits per heavy atom. The lowest BCUT2D eigenvalue weighted by molar-refractivity contribution is -0.0266. The maximum Gasteiger partial charge on any atom is 0.230 e. The van der Waals surface area contributed by atoms with Gasteiger partial charge in [-0.2, -0.15) is 10.1 Å². The average molecular weight is 325 g/mol. The molecule has 24 heavy (non-hydrogen) atoms. The summed E-state index contributed by atoms with van der Waals surface area (Å²) < 4.78 is 12.9. The molecule has 3 aromatic rings. The van der Waals surface area contributed by atoms with Gasteiger partial charge < -0.3 is 14.6 Å². The molecule has 1 aromatic carbocycles. The second-order valence-electron chi connectivity index (χ2n) is 6.53. The molecule has 0 amide bonds. The molecule has 0 radical (unpaired) electrons. The van der Waals surface area contributed by atoms with Crippen molar-refractivity contribution in [2.45, 2.75) is 24.8 Å². The minimum atomic E-state index is 0.327. The number of nitrogens with zero attached hydrogens (tertiary/aromatic N) is 4. The molecule has 0 saturated carbocycles. The van der Waals surface area contributed by atoms with Gasteiger partial charge in [0.1, 0.15) is 0 Å². The van der Waals surface area contributed by atoms with E-state index in [0.717, 1.165) is 61.5 Å². The molecular weight excluding hydrogens is 306 g/mol. The quantitative estimate of drug-likeness (QED) is 0.795. The fourth-order valence-electron chi connectivity index (χ4n) is 3.42. The molecule has 7 heteroatoms. The van der Waals surface area contributed by atoms with Gasteiger partial charge in [-0.15, -0.1) is 0 Å². The Morgan fingerprint density at radius 3 is 2.83 bits per heavy atom. The normalized spacial score (nSPS) is 19.7. The maximum atomic E-state index is 5.53. The van der Waals surface area contributed by atoms with Crippen LogP contribution in [0.4, 0.5) is 0 Å². The average Bonchev–Trinajstić information content (AvgIpc) is 3.22. The van der Waals surface area contributed by atoms with E-state index in [-0.39, 0.29) is 0 Å². The molecule has 0 atom stereocenters. The highest BCUT2D eigenvalue weighted by atomic mass is 16.5. The number of piperidine rings is 1. The molecule has 5 rings (SSSR count). The standard InChI is InChI=1S/C17H19N5O2/c1-2-13-8-19-22(14-9-23-10-14)15(13)7-12(1)16-20-17(24-21-16)11-3-5-18-6-4-11/h1-2,7-8,11,14,18H,3-6,9-10H2. The number of hydrogen-bond donors (Lipinski definition) is 1. The first-order valence-corrected chi connectivity index (χ1v) is 8.48. The molecule has 4 heterocycles. The van der Waals surface area contributed by atoms with Gasteiger partial charge in [-0.25, -0.2) is 0 Å². The van der Waals surface area contributed by atoms with Crippen LogP contribution in [-0.4, -0.2) is 46.2 Å². The van der Waals surface area contributed by atoms with Crippen LogP contribution >= 0.6 is 0 Å². The minimum absolute atomic E-state index is 0.327. The Balaban J connectivity index is 1.48. The van der Waals surface area contributed by atoms with Gasteiger partial charge in [-0.3, -0.25) is 4.68 Å². The Labute approximate surface area is 139 Å². The van der Waals surface area contributed by atoms with Crippen LogP contribution in [0, 0.1) is 0 Å². The van der Waals surface area contributed by atoms with E-state index in [1.807, 2.05) is 16.9 Å². The van der Waals surface area contributed by atoms with E-state index in [4.69, 9.17) is 9.26 Å². The van der Waals surface area contributed by atoms with Gasteiger partial charge in [0.25, 0.3) is 0 Å². The SMILES string of the molecule is c1cc2cnn(C3COC3)c2cc1-c1noc(C2CCNCC2)n1. The number of hydrogen-bond acceptors (Lipinski definition) is 6. The van der Waals surface area contributed by atoms with Crippen molar-refractivity contribution in [3.05, 3.63) is 30.3 Å². The summed E-state index contributed by atoms with van der Waals surface area (Å²) in [5, 5.41) is 13.2. The Bertz CT molecular complexity index is 861. The molecule has 2 aliphatic rings. The number of ether oxygens (including phenoxy) is 1. The fraction of sp³-hybridized carbons (Fsp3) is 0.471. The van der Waals surface area contributed by atoms with Crippen molar-refractivity contribution < 1.29 is 9.26 Å². The van der Waals surface area contributed by atoms with Crippen molar-refractivity contribution >= 4 is 10.9 Å². The highest BCUT2D eigenvalue weighted by Crippen LogP contribution is 2.29. The van der Waals surface area contributed by atoms with Crippen LogP contribution in [0.15, 0.2) is 28.9 Å². The zero-order valence-electron chi connectivity index (χ0n) is 13.3. The predicted octanol–water partition coefficient (Wildman–Crippen LogP) is 2.12. The first-order chi connectivity index (χ1) is 11.9. The second kappa shape index (κ2) is 5.68. The summed E-state index contributed by atoms with van der Waals surface area (Å²) in [4.78, 5) is 4.64. The van der Waals surface area contributed by atoms with Gasteiger partial charge in [-0.1, -0.05) is 17.3 Å². The van der Waals surface area contributed by atoms with Crippen molar-refractivity contribution in [2.24, 2.45) is 0 Å². The van der Waals surface area contributed by atoms with Gasteiger partial charge in [0.2, 0.25) is 11.7 Å². The molecule has 7 nitrogen and oxygen atoms in total. The lowest BCUT2D eigenvalue weighted by Gasteiger charge is -2.26. The third-order valence-corrected chi connectivity index (χ3v) is 4.95. The van der Waals surface area contributed by atoms with Crippen LogP contribution < -0.4 is 5.32 Å². The molecule has 2 saturated heterocycles. The molecule has 2 aliphatic heterocycles. The number of fused-ring (bicyclic) bond motifs is 1. The Hall–Kier alpha value is -2.25. The summed E-state index contributed by atoms with van der Waals surface area (Å²) in [7, 11) is 0. The van der Waals surface area contributed by atoms with Gasteiger partial charge in [0.05, 0.1) is 31.0 Å². The molecule has 0 unspecified atom stereocenters. The zero-order valence-corrected chi connectivity index (χ0v) is 13.3. The van der Waals surface area contributed by atoms with E-state index < -0.39 is 0 Å². The molecule has 124 valence electrons. The first-order valence-electron chi connectivity index (χ1n) is 8.48. The third-order valence-electron chi connectivity index (χ3n) is 4.95. The van der Waals surface area contributed by atoms with E-state index in [0.29, 0.717) is 17.8 Å². The number of nitrogens with one attached hydrogen (secondary N) is 1. The van der Waals surface area contributed by atoms with E-state index in [1.54, 1.807) is 0 Å². The van der Waals surface area contributed by atoms with Crippen molar-refractivity contribution in [3.63, 3.8) is 0 Å². The van der Waals surface area contributed by atoms with E-state index in [2.05, 4.69) is 32.7 Å². The Kier molecular flexibility index (Phi) is 3.34. The predicted molar refractivity (Wildman–Crippen MR) is 87.7 cm³/mol. The summed E-state index contributed by atoms with van der Waals surface area (Å²) in [6.45, 7) is 3.47. The largest absolute Gasteiger partial charge is 0.377 e. The lowest BCUT2D eigenvalue weighted by atomic mass is 9.98. The summed E-state index contributed by atoms with van der Waals surface area (Å²) in [5.74, 6) is 1.78. The lowest BCUT2D eigenvalue weighted by Crippen LogP contribution is -2.31. The highest BCUT2D eigenvalue weighted by Gasteiger charge is 2.24. The molecule has 2 fully saturated rings. The van der Waals surface area contributed by atoms with E-state index >= 15 is 0 Å². The number of aromatic nitrogens is 4. The summed E-state index contributed by atoms with van der Waals surface area (Å²) in [6.07, 6.45) is 4.00. The summed E-state index contributed by atoms with van der Waals surface area (Å²) in [6, 6.07) is 6.52. The van der Waals surface area contributed by atoms with Gasteiger partial charge in [-0.05, 0) is 32.0 Å². The van der Waals surface area contributed by atoms with Crippen molar-refractivity contribution in [1.82, 2.24) is 25.2 Å². The second-order valence-corrected chi connectivity index (χ2v) is 6.53. The zero-order chi connectivity index (χ0) is 15.9. The van der Waals surface area contributed by atoms with Crippen LogP contribution in [0.2, 0.25) is 0 Å². The molecule has 0 aliphatic carbocycles. The van der Waals surface area contributed by atoms with Crippen LogP contribution in [0.5, 0.6) is 0 Å². The first kappa shape index (κ1) is 14.1. The fourth-order valence-corrected chi connectivity index (χ4v) is 3.42. The van der Waals surface area contributed by atoms with Crippen molar-refractivity contribution in [1.29, 1.82) is 0 Å². The Morgan fingerprint density at radius 2 is 2.04 bits per heavy atom. The van der Waals surface area contributed by atoms with Gasteiger partial charge in [0, 0.05) is 16.9 Å². The molecular formula is C17H19N5O2. The van der Waals surface area contributed by atoms with Crippen LogP contribution in [0.3, 0.4) is 0 Å². The molecule has 2 aromatic heterocycles. The van der Waals surface area contributed by atoms with Crippen LogP contribution in [0.25, 0.3) is 22.3 Å². The topological polar surface area (TPSA) is 78.0 Å². The number of rotatable bonds is 3. The molecule has 1 N–H and O–H groups in total. The van der Waals surface area contributed by atoms with E-state index in [1.165, 1.54) is 0 Å². The van der Waals surface area contributed by atoms with Crippen LogP contribution in [0.1, 0.15) is 30.7 Å². The minimum Gasteiger partial charge on any atom is -0.377 e.